The van der Waals surface area contributed by atoms with Crippen molar-refractivity contribution in [2.24, 2.45) is 11.8 Å². The fraction of sp³-hybridized carbons (Fsp3) is 0.944. The first-order chi connectivity index (χ1) is 10.8. The third-order valence-corrected chi connectivity index (χ3v) is 5.88. The molecule has 0 aromatic rings. The molecule has 0 aromatic carbocycles. The van der Waals surface area contributed by atoms with E-state index < -0.39 is 0 Å². The summed E-state index contributed by atoms with van der Waals surface area (Å²) in [6, 6.07) is 0.429. The van der Waals surface area contributed by atoms with Gasteiger partial charge in [0.25, 0.3) is 0 Å². The summed E-state index contributed by atoms with van der Waals surface area (Å²) in [6.07, 6.45) is 10.9. The highest BCUT2D eigenvalue weighted by Crippen LogP contribution is 2.27. The minimum atomic E-state index is 0. The summed E-state index contributed by atoms with van der Waals surface area (Å²) in [4.78, 5) is 14.8. The topological polar surface area (TPSA) is 44.4 Å². The van der Waals surface area contributed by atoms with Crippen LogP contribution in [0.2, 0.25) is 0 Å². The largest absolute Gasteiger partial charge is 0.353 e. The van der Waals surface area contributed by atoms with Gasteiger partial charge in [0.05, 0.1) is 0 Å². The number of piperidine rings is 2. The molecular weight excluding hydrogens is 310 g/mol. The van der Waals surface area contributed by atoms with Crippen LogP contribution >= 0.6 is 12.4 Å². The van der Waals surface area contributed by atoms with E-state index in [1.54, 1.807) is 0 Å². The molecule has 1 amide bonds. The van der Waals surface area contributed by atoms with E-state index in [0.29, 0.717) is 17.9 Å². The maximum atomic E-state index is 12.1. The van der Waals surface area contributed by atoms with Crippen LogP contribution in [0, 0.1) is 11.8 Å². The molecule has 3 fully saturated rings. The minimum absolute atomic E-state index is 0. The van der Waals surface area contributed by atoms with Gasteiger partial charge < -0.3 is 15.5 Å². The lowest BCUT2D eigenvalue weighted by atomic mass is 9.95. The van der Waals surface area contributed by atoms with Gasteiger partial charge in [-0.1, -0.05) is 12.8 Å². The third kappa shape index (κ3) is 6.24. The van der Waals surface area contributed by atoms with Crippen molar-refractivity contribution in [1.82, 2.24) is 15.5 Å². The van der Waals surface area contributed by atoms with Gasteiger partial charge in [-0.2, -0.15) is 0 Å². The van der Waals surface area contributed by atoms with E-state index in [2.05, 4.69) is 15.5 Å². The average Bonchev–Trinajstić information content (AvgIpc) is 3.03. The van der Waals surface area contributed by atoms with Crippen LogP contribution in [0.25, 0.3) is 0 Å². The highest BCUT2D eigenvalue weighted by molar-refractivity contribution is 5.85. The maximum Gasteiger partial charge on any atom is 0.220 e. The molecule has 4 nitrogen and oxygen atoms in total. The molecule has 2 aliphatic heterocycles. The molecule has 3 aliphatic rings. The van der Waals surface area contributed by atoms with Gasteiger partial charge in [0.1, 0.15) is 0 Å². The van der Waals surface area contributed by atoms with Crippen molar-refractivity contribution < 1.29 is 4.79 Å². The van der Waals surface area contributed by atoms with Gasteiger partial charge in [-0.05, 0) is 63.5 Å². The Balaban J connectivity index is 0.00000192. The number of likely N-dealkylation sites (tertiary alicyclic amines) is 1. The summed E-state index contributed by atoms with van der Waals surface area (Å²) in [5.41, 5.74) is 0. The smallest absolute Gasteiger partial charge is 0.220 e. The van der Waals surface area contributed by atoms with Gasteiger partial charge in [0, 0.05) is 32.1 Å². The first-order valence-corrected chi connectivity index (χ1v) is 9.52. The number of halogens is 1. The fourth-order valence-electron chi connectivity index (χ4n) is 4.45. The van der Waals surface area contributed by atoms with Crippen molar-refractivity contribution in [2.75, 3.05) is 32.7 Å². The molecule has 0 bridgehead atoms. The van der Waals surface area contributed by atoms with Gasteiger partial charge in [-0.15, -0.1) is 12.4 Å². The van der Waals surface area contributed by atoms with Crippen molar-refractivity contribution >= 4 is 18.3 Å². The quantitative estimate of drug-likeness (QED) is 0.806. The Labute approximate surface area is 147 Å². The zero-order valence-electron chi connectivity index (χ0n) is 14.4. The van der Waals surface area contributed by atoms with Gasteiger partial charge in [0.15, 0.2) is 0 Å². The molecule has 5 heteroatoms. The lowest BCUT2D eigenvalue weighted by Gasteiger charge is -2.35. The van der Waals surface area contributed by atoms with E-state index in [-0.39, 0.29) is 12.4 Å². The lowest BCUT2D eigenvalue weighted by Crippen LogP contribution is -2.46. The summed E-state index contributed by atoms with van der Waals surface area (Å²) in [6.45, 7) is 5.98. The zero-order chi connectivity index (χ0) is 15.2. The molecule has 2 N–H and O–H groups in total. The Bertz CT molecular complexity index is 346. The predicted molar refractivity (Wildman–Crippen MR) is 97.0 cm³/mol. The zero-order valence-corrected chi connectivity index (χ0v) is 15.2. The minimum Gasteiger partial charge on any atom is -0.353 e. The Morgan fingerprint density at radius 1 is 0.957 bits per heavy atom. The number of nitrogens with zero attached hydrogens (tertiary/aromatic N) is 1. The molecule has 0 atom stereocenters. The molecule has 134 valence electrons. The predicted octanol–water partition coefficient (Wildman–Crippen LogP) is 2.57. The summed E-state index contributed by atoms with van der Waals surface area (Å²) in [7, 11) is 0. The molecule has 0 radical (unpaired) electrons. The number of nitrogens with one attached hydrogen (secondary N) is 2. The van der Waals surface area contributed by atoms with Crippen LogP contribution in [0.1, 0.15) is 57.8 Å². The molecule has 2 saturated heterocycles. The molecule has 2 heterocycles. The summed E-state index contributed by atoms with van der Waals surface area (Å²) >= 11 is 0. The van der Waals surface area contributed by atoms with Crippen molar-refractivity contribution in [1.29, 1.82) is 0 Å². The van der Waals surface area contributed by atoms with Crippen molar-refractivity contribution in [3.8, 4) is 0 Å². The SMILES string of the molecule is Cl.O=C(CC1CCCC1)NC1CCN(CC2CCNCC2)CC1. The molecule has 1 aliphatic carbocycles. The van der Waals surface area contributed by atoms with Crippen LogP contribution in [-0.4, -0.2) is 49.6 Å². The first-order valence-electron chi connectivity index (χ1n) is 9.52. The van der Waals surface area contributed by atoms with Gasteiger partial charge in [0.2, 0.25) is 5.91 Å². The third-order valence-electron chi connectivity index (χ3n) is 5.88. The van der Waals surface area contributed by atoms with E-state index in [1.807, 2.05) is 0 Å². The van der Waals surface area contributed by atoms with E-state index in [4.69, 9.17) is 0 Å². The monoisotopic (exact) mass is 343 g/mol. The maximum absolute atomic E-state index is 12.1. The molecule has 0 aromatic heterocycles. The van der Waals surface area contributed by atoms with Crippen LogP contribution in [0.15, 0.2) is 0 Å². The number of carbonyl (C=O) groups excluding carboxylic acids is 1. The molecule has 3 rings (SSSR count). The Morgan fingerprint density at radius 3 is 2.26 bits per heavy atom. The number of carbonyl (C=O) groups is 1. The highest BCUT2D eigenvalue weighted by Gasteiger charge is 2.25. The summed E-state index contributed by atoms with van der Waals surface area (Å²) in [5, 5.41) is 6.74. The van der Waals surface area contributed by atoms with Gasteiger partial charge in [-0.25, -0.2) is 0 Å². The number of rotatable bonds is 5. The second kappa shape index (κ2) is 9.85. The van der Waals surface area contributed by atoms with Gasteiger partial charge in [-0.3, -0.25) is 4.79 Å². The second-order valence-electron chi connectivity index (χ2n) is 7.69. The molecule has 23 heavy (non-hydrogen) atoms. The first kappa shape index (κ1) is 19.0. The van der Waals surface area contributed by atoms with E-state index in [1.165, 1.54) is 58.2 Å². The summed E-state index contributed by atoms with van der Waals surface area (Å²) < 4.78 is 0. The van der Waals surface area contributed by atoms with Crippen LogP contribution in [0.5, 0.6) is 0 Å². The van der Waals surface area contributed by atoms with Crippen molar-refractivity contribution in [3.05, 3.63) is 0 Å². The van der Waals surface area contributed by atoms with Crippen molar-refractivity contribution in [2.45, 2.75) is 63.8 Å². The highest BCUT2D eigenvalue weighted by atomic mass is 35.5. The van der Waals surface area contributed by atoms with Crippen LogP contribution < -0.4 is 10.6 Å². The summed E-state index contributed by atoms with van der Waals surface area (Å²) in [5.74, 6) is 1.86. The Hall–Kier alpha value is -0.320. The van der Waals surface area contributed by atoms with Crippen LogP contribution in [-0.2, 0) is 4.79 Å². The van der Waals surface area contributed by atoms with Crippen LogP contribution in [0.4, 0.5) is 0 Å². The Morgan fingerprint density at radius 2 is 1.61 bits per heavy atom. The Kier molecular flexibility index (Phi) is 8.14. The molecular formula is C18H34ClN3O. The standard InChI is InChI=1S/C18H33N3O.ClH/c22-18(13-15-3-1-2-4-15)20-17-7-11-21(12-8-17)14-16-5-9-19-10-6-16;/h15-17,19H,1-14H2,(H,20,22);1H. The number of hydrogen-bond acceptors (Lipinski definition) is 3. The van der Waals surface area contributed by atoms with Crippen molar-refractivity contribution in [3.63, 3.8) is 0 Å². The lowest BCUT2D eigenvalue weighted by molar-refractivity contribution is -0.123. The van der Waals surface area contributed by atoms with E-state index in [0.717, 1.165) is 38.3 Å². The molecule has 0 unspecified atom stereocenters. The number of hydrogen-bond donors (Lipinski definition) is 2. The molecule has 1 saturated carbocycles. The average molecular weight is 344 g/mol. The second-order valence-corrected chi connectivity index (χ2v) is 7.69. The molecule has 0 spiro atoms. The van der Waals surface area contributed by atoms with Crippen LogP contribution in [0.3, 0.4) is 0 Å². The number of amides is 1. The van der Waals surface area contributed by atoms with Gasteiger partial charge >= 0.3 is 0 Å². The fourth-order valence-corrected chi connectivity index (χ4v) is 4.45. The van der Waals surface area contributed by atoms with E-state index in [9.17, 15) is 4.79 Å². The van der Waals surface area contributed by atoms with E-state index >= 15 is 0 Å². The normalized spacial score (nSPS) is 25.2.